The van der Waals surface area contributed by atoms with Crippen LogP contribution in [0.4, 0.5) is 4.79 Å². The Kier molecular flexibility index (Phi) is 4.42. The van der Waals surface area contributed by atoms with Crippen molar-refractivity contribution in [3.63, 3.8) is 0 Å². The molecule has 0 aromatic heterocycles. The molecule has 21 heavy (non-hydrogen) atoms. The molecule has 0 unspecified atom stereocenters. The molecule has 0 bridgehead atoms. The number of hydrogen-bond donors (Lipinski definition) is 3. The summed E-state index contributed by atoms with van der Waals surface area (Å²) in [4.78, 5) is 35.0. The fourth-order valence-corrected chi connectivity index (χ4v) is 2.42. The van der Waals surface area contributed by atoms with Crippen LogP contribution in [-0.4, -0.2) is 51.7 Å². The minimum Gasteiger partial charge on any atom is -0.480 e. The average molecular weight is 292 g/mol. The number of carboxylic acids is 1. The smallest absolute Gasteiger partial charge is 0.408 e. The second-order valence-corrected chi connectivity index (χ2v) is 4.90. The van der Waals surface area contributed by atoms with Crippen molar-refractivity contribution in [2.75, 3.05) is 6.54 Å². The van der Waals surface area contributed by atoms with Gasteiger partial charge in [0.05, 0.1) is 0 Å². The zero-order chi connectivity index (χ0) is 15.4. The highest BCUT2D eigenvalue weighted by Gasteiger charge is 2.36. The molecule has 2 atom stereocenters. The maximum atomic E-state index is 12.0. The van der Waals surface area contributed by atoms with E-state index in [1.54, 1.807) is 30.3 Å². The van der Waals surface area contributed by atoms with Crippen LogP contribution in [0.1, 0.15) is 23.2 Å². The third-order valence-corrected chi connectivity index (χ3v) is 3.48. The van der Waals surface area contributed by atoms with Gasteiger partial charge in [0.2, 0.25) is 0 Å². The maximum absolute atomic E-state index is 12.0. The number of carbonyl (C=O) groups excluding carboxylic acids is 1. The molecule has 0 radical (unpaired) electrons. The highest BCUT2D eigenvalue weighted by molar-refractivity contribution is 5.94. The van der Waals surface area contributed by atoms with Gasteiger partial charge in [0.25, 0.3) is 5.91 Å². The van der Waals surface area contributed by atoms with E-state index >= 15 is 0 Å². The number of nitrogens with one attached hydrogen (secondary N) is 1. The van der Waals surface area contributed by atoms with Gasteiger partial charge in [0, 0.05) is 18.2 Å². The van der Waals surface area contributed by atoms with Crippen molar-refractivity contribution < 1.29 is 24.6 Å². The summed E-state index contributed by atoms with van der Waals surface area (Å²) in [5.41, 5.74) is 0.486. The van der Waals surface area contributed by atoms with Crippen molar-refractivity contribution >= 4 is 18.0 Å². The summed E-state index contributed by atoms with van der Waals surface area (Å²) in [7, 11) is 0. The van der Waals surface area contributed by atoms with E-state index in [9.17, 15) is 14.4 Å². The van der Waals surface area contributed by atoms with E-state index in [0.29, 0.717) is 12.0 Å². The molecule has 0 saturated carbocycles. The first-order chi connectivity index (χ1) is 9.99. The van der Waals surface area contributed by atoms with Crippen LogP contribution in [0.2, 0.25) is 0 Å². The zero-order valence-electron chi connectivity index (χ0n) is 11.2. The molecule has 1 aromatic rings. The van der Waals surface area contributed by atoms with Gasteiger partial charge in [-0.25, -0.2) is 9.59 Å². The number of carbonyl (C=O) groups is 3. The molecule has 1 aliphatic rings. The average Bonchev–Trinajstić information content (AvgIpc) is 2.47. The molecule has 3 N–H and O–H groups in total. The second kappa shape index (κ2) is 6.25. The van der Waals surface area contributed by atoms with Gasteiger partial charge in [-0.15, -0.1) is 0 Å². The van der Waals surface area contributed by atoms with Crippen LogP contribution in [-0.2, 0) is 4.79 Å². The molecule has 112 valence electrons. The van der Waals surface area contributed by atoms with Crippen molar-refractivity contribution in [1.29, 1.82) is 0 Å². The lowest BCUT2D eigenvalue weighted by Gasteiger charge is -2.35. The molecule has 0 aliphatic carbocycles. The Morgan fingerprint density at radius 1 is 1.10 bits per heavy atom. The van der Waals surface area contributed by atoms with E-state index < -0.39 is 18.1 Å². The monoisotopic (exact) mass is 292 g/mol. The predicted molar refractivity (Wildman–Crippen MR) is 73.1 cm³/mol. The Morgan fingerprint density at radius 2 is 1.76 bits per heavy atom. The number of aliphatic carboxylic acids is 1. The number of benzene rings is 1. The zero-order valence-corrected chi connectivity index (χ0v) is 11.2. The van der Waals surface area contributed by atoms with Gasteiger partial charge >= 0.3 is 12.1 Å². The molecule has 7 heteroatoms. The lowest BCUT2D eigenvalue weighted by molar-refractivity contribution is -0.143. The third-order valence-electron chi connectivity index (χ3n) is 3.48. The van der Waals surface area contributed by atoms with Crippen LogP contribution in [0.5, 0.6) is 0 Å². The van der Waals surface area contributed by atoms with Gasteiger partial charge in [-0.05, 0) is 25.0 Å². The first kappa shape index (κ1) is 14.8. The standard InChI is InChI=1S/C14H16N2O5/c17-12(9-4-2-1-3-5-9)15-10-6-7-11(13(18)19)16(8-10)14(20)21/h1-5,10-11H,6-8H2,(H,15,17)(H,18,19)(H,20,21)/t10-,11+/m1/s1. The SMILES string of the molecule is O=C(N[C@@H]1CC[C@@H](C(=O)O)N(C(=O)O)C1)c1ccccc1. The third kappa shape index (κ3) is 3.50. The van der Waals surface area contributed by atoms with Gasteiger partial charge < -0.3 is 15.5 Å². The molecule has 1 fully saturated rings. The van der Waals surface area contributed by atoms with Crippen LogP contribution >= 0.6 is 0 Å². The molecular weight excluding hydrogens is 276 g/mol. The van der Waals surface area contributed by atoms with Crippen molar-refractivity contribution in [3.05, 3.63) is 35.9 Å². The molecule has 1 heterocycles. The molecule has 1 aromatic carbocycles. The maximum Gasteiger partial charge on any atom is 0.408 e. The topological polar surface area (TPSA) is 107 Å². The fraction of sp³-hybridized carbons (Fsp3) is 0.357. The van der Waals surface area contributed by atoms with Crippen molar-refractivity contribution in [2.24, 2.45) is 0 Å². The van der Waals surface area contributed by atoms with E-state index in [1.165, 1.54) is 0 Å². The van der Waals surface area contributed by atoms with E-state index in [2.05, 4.69) is 5.32 Å². The quantitative estimate of drug-likeness (QED) is 0.770. The van der Waals surface area contributed by atoms with Crippen LogP contribution in [0.15, 0.2) is 30.3 Å². The number of nitrogens with zero attached hydrogens (tertiary/aromatic N) is 1. The van der Waals surface area contributed by atoms with Gasteiger partial charge in [-0.1, -0.05) is 18.2 Å². The highest BCUT2D eigenvalue weighted by Crippen LogP contribution is 2.18. The lowest BCUT2D eigenvalue weighted by Crippen LogP contribution is -2.55. The fourth-order valence-electron chi connectivity index (χ4n) is 2.42. The minimum atomic E-state index is -1.29. The molecule has 1 aliphatic heterocycles. The number of carboxylic acid groups (broad SMARTS) is 2. The first-order valence-electron chi connectivity index (χ1n) is 6.57. The summed E-state index contributed by atoms with van der Waals surface area (Å²) >= 11 is 0. The Labute approximate surface area is 121 Å². The molecule has 1 saturated heterocycles. The van der Waals surface area contributed by atoms with Crippen molar-refractivity contribution in [3.8, 4) is 0 Å². The summed E-state index contributed by atoms with van der Waals surface area (Å²) in [6.45, 7) is -0.0229. The van der Waals surface area contributed by atoms with Crippen LogP contribution in [0, 0.1) is 0 Å². The Balaban J connectivity index is 2.01. The van der Waals surface area contributed by atoms with Gasteiger partial charge in [-0.2, -0.15) is 0 Å². The van der Waals surface area contributed by atoms with Crippen LogP contribution < -0.4 is 5.32 Å². The highest BCUT2D eigenvalue weighted by atomic mass is 16.4. The Morgan fingerprint density at radius 3 is 2.33 bits per heavy atom. The van der Waals surface area contributed by atoms with Crippen LogP contribution in [0.3, 0.4) is 0 Å². The molecule has 2 amide bonds. The number of piperidine rings is 1. The number of rotatable bonds is 3. The number of hydrogen-bond acceptors (Lipinski definition) is 3. The number of likely N-dealkylation sites (tertiary alicyclic amines) is 1. The molecule has 7 nitrogen and oxygen atoms in total. The normalized spacial score (nSPS) is 21.6. The number of amides is 2. The summed E-state index contributed by atoms with van der Waals surface area (Å²) in [5, 5.41) is 20.8. The Hall–Kier alpha value is -2.57. The summed E-state index contributed by atoms with van der Waals surface area (Å²) in [6.07, 6.45) is -0.679. The van der Waals surface area contributed by atoms with E-state index in [1.807, 2.05) is 0 Å². The van der Waals surface area contributed by atoms with Gasteiger partial charge in [-0.3, -0.25) is 9.69 Å². The predicted octanol–water partition coefficient (Wildman–Crippen LogP) is 1.01. The molecular formula is C14H16N2O5. The first-order valence-corrected chi connectivity index (χ1v) is 6.57. The molecule has 0 spiro atoms. The minimum absolute atomic E-state index is 0.0229. The van der Waals surface area contributed by atoms with Crippen LogP contribution in [0.25, 0.3) is 0 Å². The summed E-state index contributed by atoms with van der Waals surface area (Å²) < 4.78 is 0. The van der Waals surface area contributed by atoms with E-state index in [4.69, 9.17) is 10.2 Å². The molecule has 2 rings (SSSR count). The van der Waals surface area contributed by atoms with Gasteiger partial charge in [0.1, 0.15) is 6.04 Å². The largest absolute Gasteiger partial charge is 0.480 e. The Bertz CT molecular complexity index is 546. The second-order valence-electron chi connectivity index (χ2n) is 4.90. The van der Waals surface area contributed by atoms with Gasteiger partial charge in [0.15, 0.2) is 0 Å². The lowest BCUT2D eigenvalue weighted by atomic mass is 9.98. The summed E-state index contributed by atoms with van der Waals surface area (Å²) in [5.74, 6) is -1.45. The van der Waals surface area contributed by atoms with Crippen molar-refractivity contribution in [2.45, 2.75) is 24.9 Å². The van der Waals surface area contributed by atoms with E-state index in [-0.39, 0.29) is 24.9 Å². The van der Waals surface area contributed by atoms with E-state index in [0.717, 1.165) is 4.90 Å². The summed E-state index contributed by atoms with van der Waals surface area (Å²) in [6, 6.07) is 7.15. The van der Waals surface area contributed by atoms with Crippen molar-refractivity contribution in [1.82, 2.24) is 10.2 Å².